The van der Waals surface area contributed by atoms with Crippen molar-refractivity contribution in [1.29, 1.82) is 5.26 Å². The average Bonchev–Trinajstić information content (AvgIpc) is 3.22. The molecule has 6 nitrogen and oxygen atoms in total. The first-order valence-electron chi connectivity index (χ1n) is 10.6. The van der Waals surface area contributed by atoms with E-state index in [9.17, 15) is 10.1 Å². The van der Waals surface area contributed by atoms with Gasteiger partial charge in [0.1, 0.15) is 5.54 Å². The number of nitrogens with zero attached hydrogens (tertiary/aromatic N) is 3. The first-order chi connectivity index (χ1) is 13.9. The molecule has 0 bridgehead atoms. The Morgan fingerprint density at radius 2 is 1.97 bits per heavy atom. The minimum Gasteiger partial charge on any atom is -0.376 e. The van der Waals surface area contributed by atoms with Gasteiger partial charge in [0.2, 0.25) is 5.91 Å². The molecule has 1 aromatic carbocycles. The van der Waals surface area contributed by atoms with Crippen molar-refractivity contribution >= 4 is 5.91 Å². The number of carbonyl (C=O) groups excluding carboxylic acids is 1. The predicted molar refractivity (Wildman–Crippen MR) is 111 cm³/mol. The van der Waals surface area contributed by atoms with Crippen molar-refractivity contribution in [3.05, 3.63) is 34.4 Å². The topological polar surface area (TPSA) is 65.8 Å². The molecule has 0 aliphatic carbocycles. The van der Waals surface area contributed by atoms with Crippen LogP contribution in [0.2, 0.25) is 0 Å². The van der Waals surface area contributed by atoms with Gasteiger partial charge in [-0.05, 0) is 63.1 Å². The molecule has 158 valence electrons. The number of hydroxylamine groups is 2. The fourth-order valence-electron chi connectivity index (χ4n) is 4.72. The van der Waals surface area contributed by atoms with Gasteiger partial charge in [0.25, 0.3) is 0 Å². The summed E-state index contributed by atoms with van der Waals surface area (Å²) < 4.78 is 5.83. The third-order valence-corrected chi connectivity index (χ3v) is 6.41. The lowest BCUT2D eigenvalue weighted by atomic mass is 9.86. The summed E-state index contributed by atoms with van der Waals surface area (Å²) in [5, 5.41) is 12.0. The van der Waals surface area contributed by atoms with E-state index in [1.54, 1.807) is 7.11 Å². The molecule has 2 saturated heterocycles. The monoisotopic (exact) mass is 399 g/mol. The van der Waals surface area contributed by atoms with Crippen LogP contribution >= 0.6 is 0 Å². The molecule has 0 N–H and O–H groups in total. The molecule has 6 heteroatoms. The van der Waals surface area contributed by atoms with Crippen LogP contribution in [-0.2, 0) is 20.8 Å². The highest BCUT2D eigenvalue weighted by atomic mass is 16.7. The quantitative estimate of drug-likeness (QED) is 0.735. The molecular formula is C23H33N3O3. The Labute approximate surface area is 174 Å². The van der Waals surface area contributed by atoms with Gasteiger partial charge in [-0.3, -0.25) is 4.79 Å². The van der Waals surface area contributed by atoms with Crippen LogP contribution in [0.3, 0.4) is 0 Å². The highest BCUT2D eigenvalue weighted by Crippen LogP contribution is 2.31. The molecule has 2 heterocycles. The predicted octanol–water partition coefficient (Wildman–Crippen LogP) is 3.08. The fraction of sp³-hybridized carbons (Fsp3) is 0.652. The van der Waals surface area contributed by atoms with Crippen LogP contribution < -0.4 is 0 Å². The zero-order valence-corrected chi connectivity index (χ0v) is 18.2. The number of amides is 1. The van der Waals surface area contributed by atoms with Gasteiger partial charge in [0.05, 0.1) is 25.7 Å². The Morgan fingerprint density at radius 1 is 1.31 bits per heavy atom. The van der Waals surface area contributed by atoms with Gasteiger partial charge in [-0.25, -0.2) is 0 Å². The zero-order chi connectivity index (χ0) is 21.0. The number of ether oxygens (including phenoxy) is 1. The minimum absolute atomic E-state index is 0.0166. The fourth-order valence-corrected chi connectivity index (χ4v) is 4.72. The Balaban J connectivity index is 1.86. The van der Waals surface area contributed by atoms with Crippen molar-refractivity contribution in [2.45, 2.75) is 64.5 Å². The van der Waals surface area contributed by atoms with Crippen molar-refractivity contribution in [3.8, 4) is 6.07 Å². The van der Waals surface area contributed by atoms with E-state index in [2.05, 4.69) is 39.0 Å². The maximum atomic E-state index is 13.6. The smallest absolute Gasteiger partial charge is 0.228 e. The summed E-state index contributed by atoms with van der Waals surface area (Å²) in [5.74, 6) is 0.0166. The van der Waals surface area contributed by atoms with Crippen LogP contribution in [0.15, 0.2) is 12.1 Å². The van der Waals surface area contributed by atoms with Crippen molar-refractivity contribution in [3.63, 3.8) is 0 Å². The SMILES string of the molecule is CON1CCC(C#N)(N(CC2CCCO2)C(=O)Cc2c(C)cc(C)cc2C)CC1. The molecule has 0 saturated carbocycles. The molecule has 1 aromatic rings. The number of aryl methyl sites for hydroxylation is 3. The molecule has 1 unspecified atom stereocenters. The maximum absolute atomic E-state index is 13.6. The summed E-state index contributed by atoms with van der Waals surface area (Å²) in [5.41, 5.74) is 3.74. The van der Waals surface area contributed by atoms with Crippen LogP contribution in [0.4, 0.5) is 0 Å². The number of rotatable bonds is 6. The number of benzene rings is 1. The molecule has 0 spiro atoms. The number of piperidine rings is 1. The lowest BCUT2D eigenvalue weighted by molar-refractivity contribution is -0.164. The molecular weight excluding hydrogens is 366 g/mol. The van der Waals surface area contributed by atoms with Crippen molar-refractivity contribution in [2.75, 3.05) is 33.4 Å². The molecule has 1 amide bonds. The number of hydrogen-bond donors (Lipinski definition) is 0. The van der Waals surface area contributed by atoms with Gasteiger partial charge in [0, 0.05) is 26.2 Å². The summed E-state index contributed by atoms with van der Waals surface area (Å²) >= 11 is 0. The Bertz CT molecular complexity index is 749. The largest absolute Gasteiger partial charge is 0.376 e. The van der Waals surface area contributed by atoms with Crippen LogP contribution in [-0.4, -0.2) is 60.9 Å². The number of hydrogen-bond acceptors (Lipinski definition) is 5. The van der Waals surface area contributed by atoms with Crippen LogP contribution in [0.25, 0.3) is 0 Å². The van der Waals surface area contributed by atoms with E-state index in [-0.39, 0.29) is 12.0 Å². The molecule has 0 radical (unpaired) electrons. The van der Waals surface area contributed by atoms with E-state index >= 15 is 0 Å². The summed E-state index contributed by atoms with van der Waals surface area (Å²) in [4.78, 5) is 20.7. The molecule has 0 aromatic heterocycles. The van der Waals surface area contributed by atoms with Gasteiger partial charge >= 0.3 is 0 Å². The van der Waals surface area contributed by atoms with Gasteiger partial charge in [0.15, 0.2) is 0 Å². The van der Waals surface area contributed by atoms with Crippen molar-refractivity contribution in [2.24, 2.45) is 0 Å². The van der Waals surface area contributed by atoms with Crippen molar-refractivity contribution < 1.29 is 14.4 Å². The highest BCUT2D eigenvalue weighted by molar-refractivity contribution is 5.81. The van der Waals surface area contributed by atoms with Gasteiger partial charge in [-0.1, -0.05) is 17.7 Å². The van der Waals surface area contributed by atoms with Crippen LogP contribution in [0.1, 0.15) is 47.9 Å². The van der Waals surface area contributed by atoms with Gasteiger partial charge in [-0.2, -0.15) is 10.3 Å². The lowest BCUT2D eigenvalue weighted by Crippen LogP contribution is -2.58. The molecule has 3 rings (SSSR count). The molecule has 2 aliphatic heterocycles. The molecule has 2 fully saturated rings. The van der Waals surface area contributed by atoms with Crippen molar-refractivity contribution in [1.82, 2.24) is 9.96 Å². The van der Waals surface area contributed by atoms with E-state index in [1.165, 1.54) is 5.56 Å². The normalized spacial score (nSPS) is 21.7. The molecule has 2 aliphatic rings. The maximum Gasteiger partial charge on any atom is 0.228 e. The molecule has 29 heavy (non-hydrogen) atoms. The summed E-state index contributed by atoms with van der Waals surface area (Å²) in [6, 6.07) is 6.75. The van der Waals surface area contributed by atoms with Crippen LogP contribution in [0, 0.1) is 32.1 Å². The standard InChI is InChI=1S/C23H33N3O3/c1-17-12-18(2)21(19(3)13-17)14-22(27)26(15-20-6-5-11-29-20)23(16-24)7-9-25(28-4)10-8-23/h12-13,20H,5-11,14-15H2,1-4H3. The zero-order valence-electron chi connectivity index (χ0n) is 18.2. The van der Waals surface area contributed by atoms with E-state index in [0.29, 0.717) is 38.9 Å². The third kappa shape index (κ3) is 4.80. The summed E-state index contributed by atoms with van der Waals surface area (Å²) in [6.07, 6.45) is 3.47. The van der Waals surface area contributed by atoms with E-state index in [1.807, 2.05) is 9.96 Å². The van der Waals surface area contributed by atoms with E-state index in [0.717, 1.165) is 36.1 Å². The third-order valence-electron chi connectivity index (χ3n) is 6.41. The van der Waals surface area contributed by atoms with E-state index < -0.39 is 5.54 Å². The second-order valence-electron chi connectivity index (χ2n) is 8.45. The first kappa shape index (κ1) is 21.8. The van der Waals surface area contributed by atoms with E-state index in [4.69, 9.17) is 9.57 Å². The Hall–Kier alpha value is -1.94. The Morgan fingerprint density at radius 3 is 2.48 bits per heavy atom. The lowest BCUT2D eigenvalue weighted by Gasteiger charge is -2.44. The Kier molecular flexibility index (Phi) is 6.94. The number of nitriles is 1. The second-order valence-corrected chi connectivity index (χ2v) is 8.45. The van der Waals surface area contributed by atoms with Gasteiger partial charge in [-0.15, -0.1) is 0 Å². The second kappa shape index (κ2) is 9.25. The van der Waals surface area contributed by atoms with Crippen LogP contribution in [0.5, 0.6) is 0 Å². The number of carbonyl (C=O) groups is 1. The first-order valence-corrected chi connectivity index (χ1v) is 10.6. The minimum atomic E-state index is -0.801. The highest BCUT2D eigenvalue weighted by Gasteiger charge is 2.44. The summed E-state index contributed by atoms with van der Waals surface area (Å²) in [6.45, 7) is 8.70. The summed E-state index contributed by atoms with van der Waals surface area (Å²) in [7, 11) is 1.65. The van der Waals surface area contributed by atoms with Gasteiger partial charge < -0.3 is 14.5 Å². The average molecular weight is 400 g/mol. The molecule has 1 atom stereocenters.